The highest BCUT2D eigenvalue weighted by Crippen LogP contribution is 2.15. The van der Waals surface area contributed by atoms with Gasteiger partial charge in [0.25, 0.3) is 5.91 Å². The standard InChI is InChI=1S/C13H15N3O3/c1-14-7-12-16-11(8-19-12)13(17)15-9-3-5-10(18-2)6-4-9/h3-6,8,14H,7H2,1-2H3,(H,15,17). The molecule has 0 aliphatic carbocycles. The lowest BCUT2D eigenvalue weighted by molar-refractivity contribution is 0.102. The summed E-state index contributed by atoms with van der Waals surface area (Å²) >= 11 is 0. The number of aromatic nitrogens is 1. The number of carbonyl (C=O) groups is 1. The van der Waals surface area contributed by atoms with Gasteiger partial charge in [0.2, 0.25) is 5.89 Å². The van der Waals surface area contributed by atoms with E-state index in [0.717, 1.165) is 5.75 Å². The topological polar surface area (TPSA) is 76.4 Å². The molecule has 0 aliphatic heterocycles. The molecular formula is C13H15N3O3. The van der Waals surface area contributed by atoms with Crippen LogP contribution in [0.5, 0.6) is 5.75 Å². The van der Waals surface area contributed by atoms with E-state index in [2.05, 4.69) is 15.6 Å². The molecule has 0 saturated heterocycles. The lowest BCUT2D eigenvalue weighted by Gasteiger charge is -2.04. The molecule has 0 atom stereocenters. The maximum absolute atomic E-state index is 11.9. The van der Waals surface area contributed by atoms with E-state index in [4.69, 9.17) is 9.15 Å². The lowest BCUT2D eigenvalue weighted by atomic mass is 10.3. The third-order valence-electron chi connectivity index (χ3n) is 2.46. The second-order valence-corrected chi connectivity index (χ2v) is 3.84. The summed E-state index contributed by atoms with van der Waals surface area (Å²) in [7, 11) is 3.37. The van der Waals surface area contributed by atoms with Gasteiger partial charge in [-0.1, -0.05) is 0 Å². The third kappa shape index (κ3) is 3.32. The van der Waals surface area contributed by atoms with E-state index < -0.39 is 0 Å². The molecule has 0 bridgehead atoms. The van der Waals surface area contributed by atoms with Crippen molar-refractivity contribution in [1.29, 1.82) is 0 Å². The molecule has 100 valence electrons. The van der Waals surface area contributed by atoms with E-state index in [9.17, 15) is 4.79 Å². The van der Waals surface area contributed by atoms with Gasteiger partial charge in [-0.15, -0.1) is 0 Å². The first kappa shape index (κ1) is 13.1. The van der Waals surface area contributed by atoms with Crippen molar-refractivity contribution in [3.05, 3.63) is 42.1 Å². The molecular weight excluding hydrogens is 246 g/mol. The number of amides is 1. The Bertz CT molecular complexity index is 549. The third-order valence-corrected chi connectivity index (χ3v) is 2.46. The van der Waals surface area contributed by atoms with Crippen LogP contribution in [0, 0.1) is 0 Å². The molecule has 1 heterocycles. The average Bonchev–Trinajstić information content (AvgIpc) is 2.89. The first-order valence-corrected chi connectivity index (χ1v) is 5.77. The van der Waals surface area contributed by atoms with E-state index in [1.807, 2.05) is 0 Å². The fraction of sp³-hybridized carbons (Fsp3) is 0.231. The fourth-order valence-corrected chi connectivity index (χ4v) is 1.52. The van der Waals surface area contributed by atoms with E-state index in [-0.39, 0.29) is 11.6 Å². The van der Waals surface area contributed by atoms with Crippen LogP contribution in [0.15, 0.2) is 34.9 Å². The average molecular weight is 261 g/mol. The van der Waals surface area contributed by atoms with Crippen molar-refractivity contribution in [2.75, 3.05) is 19.5 Å². The number of hydrogen-bond acceptors (Lipinski definition) is 5. The molecule has 0 radical (unpaired) electrons. The van der Waals surface area contributed by atoms with Crippen molar-refractivity contribution in [2.45, 2.75) is 6.54 Å². The molecule has 6 nitrogen and oxygen atoms in total. The zero-order valence-electron chi connectivity index (χ0n) is 10.8. The molecule has 2 rings (SSSR count). The van der Waals surface area contributed by atoms with Crippen LogP contribution in [0.1, 0.15) is 16.4 Å². The number of ether oxygens (including phenoxy) is 1. The second-order valence-electron chi connectivity index (χ2n) is 3.84. The largest absolute Gasteiger partial charge is 0.497 e. The van der Waals surface area contributed by atoms with Gasteiger partial charge in [0, 0.05) is 5.69 Å². The van der Waals surface area contributed by atoms with Gasteiger partial charge in [0.1, 0.15) is 12.0 Å². The van der Waals surface area contributed by atoms with Gasteiger partial charge in [0.05, 0.1) is 13.7 Å². The molecule has 0 saturated carbocycles. The summed E-state index contributed by atoms with van der Waals surface area (Å²) in [5.41, 5.74) is 0.921. The second kappa shape index (κ2) is 6.01. The zero-order chi connectivity index (χ0) is 13.7. The van der Waals surface area contributed by atoms with Crippen molar-refractivity contribution in [1.82, 2.24) is 10.3 Å². The van der Waals surface area contributed by atoms with Crippen molar-refractivity contribution in [2.24, 2.45) is 0 Å². The van der Waals surface area contributed by atoms with Crippen LogP contribution in [0.4, 0.5) is 5.69 Å². The molecule has 0 aliphatic rings. The minimum Gasteiger partial charge on any atom is -0.497 e. The molecule has 1 amide bonds. The van der Waals surface area contributed by atoms with Gasteiger partial charge in [0.15, 0.2) is 5.69 Å². The van der Waals surface area contributed by atoms with Crippen LogP contribution in [0.3, 0.4) is 0 Å². The lowest BCUT2D eigenvalue weighted by Crippen LogP contribution is -2.13. The van der Waals surface area contributed by atoms with E-state index in [0.29, 0.717) is 18.1 Å². The molecule has 6 heteroatoms. The van der Waals surface area contributed by atoms with Gasteiger partial charge in [-0.25, -0.2) is 4.98 Å². The monoisotopic (exact) mass is 261 g/mol. The minimum absolute atomic E-state index is 0.251. The molecule has 19 heavy (non-hydrogen) atoms. The van der Waals surface area contributed by atoms with Crippen molar-refractivity contribution in [3.63, 3.8) is 0 Å². The van der Waals surface area contributed by atoms with Gasteiger partial charge in [-0.05, 0) is 31.3 Å². The molecule has 2 aromatic rings. The highest BCUT2D eigenvalue weighted by atomic mass is 16.5. The number of methoxy groups -OCH3 is 1. The summed E-state index contributed by atoms with van der Waals surface area (Å²) in [4.78, 5) is 16.0. The number of rotatable bonds is 5. The SMILES string of the molecule is CNCc1nc(C(=O)Nc2ccc(OC)cc2)co1. The van der Waals surface area contributed by atoms with Crippen molar-refractivity contribution >= 4 is 11.6 Å². The Morgan fingerprint density at radius 3 is 2.74 bits per heavy atom. The molecule has 0 unspecified atom stereocenters. The van der Waals surface area contributed by atoms with Gasteiger partial charge in [-0.2, -0.15) is 0 Å². The maximum Gasteiger partial charge on any atom is 0.277 e. The Balaban J connectivity index is 2.02. The maximum atomic E-state index is 11.9. The predicted molar refractivity (Wildman–Crippen MR) is 70.2 cm³/mol. The highest BCUT2D eigenvalue weighted by Gasteiger charge is 2.12. The number of oxazole rings is 1. The quantitative estimate of drug-likeness (QED) is 0.856. The van der Waals surface area contributed by atoms with E-state index >= 15 is 0 Å². The molecule has 1 aromatic heterocycles. The van der Waals surface area contributed by atoms with Crippen molar-refractivity contribution < 1.29 is 13.9 Å². The Labute approximate surface area is 110 Å². The van der Waals surface area contributed by atoms with Gasteiger partial charge >= 0.3 is 0 Å². The van der Waals surface area contributed by atoms with Crippen LogP contribution in [-0.2, 0) is 6.54 Å². The summed E-state index contributed by atoms with van der Waals surface area (Å²) in [6.07, 6.45) is 1.34. The minimum atomic E-state index is -0.309. The Morgan fingerprint density at radius 1 is 1.37 bits per heavy atom. The zero-order valence-corrected chi connectivity index (χ0v) is 10.8. The summed E-state index contributed by atoms with van der Waals surface area (Å²) in [6.45, 7) is 0.482. The summed E-state index contributed by atoms with van der Waals surface area (Å²) in [5, 5.41) is 5.62. The van der Waals surface area contributed by atoms with E-state index in [1.54, 1.807) is 38.4 Å². The summed E-state index contributed by atoms with van der Waals surface area (Å²) in [6, 6.07) is 7.05. The number of anilines is 1. The first-order valence-electron chi connectivity index (χ1n) is 5.77. The number of nitrogens with one attached hydrogen (secondary N) is 2. The Morgan fingerprint density at radius 2 is 2.11 bits per heavy atom. The summed E-state index contributed by atoms with van der Waals surface area (Å²) < 4.78 is 10.2. The van der Waals surface area contributed by atoms with Crippen LogP contribution in [0.2, 0.25) is 0 Å². The predicted octanol–water partition coefficient (Wildman–Crippen LogP) is 1.65. The highest BCUT2D eigenvalue weighted by molar-refractivity contribution is 6.02. The van der Waals surface area contributed by atoms with Gasteiger partial charge in [-0.3, -0.25) is 4.79 Å². The van der Waals surface area contributed by atoms with Crippen LogP contribution in [-0.4, -0.2) is 25.0 Å². The molecule has 0 fully saturated rings. The van der Waals surface area contributed by atoms with E-state index in [1.165, 1.54) is 6.26 Å². The molecule has 1 aromatic carbocycles. The summed E-state index contributed by atoms with van der Waals surface area (Å²) in [5.74, 6) is 0.898. The van der Waals surface area contributed by atoms with Crippen molar-refractivity contribution in [3.8, 4) is 5.75 Å². The number of nitrogens with zero attached hydrogens (tertiary/aromatic N) is 1. The van der Waals surface area contributed by atoms with Crippen LogP contribution >= 0.6 is 0 Å². The first-order chi connectivity index (χ1) is 9.22. The smallest absolute Gasteiger partial charge is 0.277 e. The molecule has 0 spiro atoms. The number of hydrogen-bond donors (Lipinski definition) is 2. The van der Waals surface area contributed by atoms with Crippen LogP contribution < -0.4 is 15.4 Å². The Kier molecular flexibility index (Phi) is 4.15. The molecule has 2 N–H and O–H groups in total. The number of carbonyl (C=O) groups excluding carboxylic acids is 1. The van der Waals surface area contributed by atoms with Gasteiger partial charge < -0.3 is 19.8 Å². The Hall–Kier alpha value is -2.34. The normalized spacial score (nSPS) is 10.2. The number of benzene rings is 1. The fourth-order valence-electron chi connectivity index (χ4n) is 1.52. The van der Waals surface area contributed by atoms with Crippen LogP contribution in [0.25, 0.3) is 0 Å².